The lowest BCUT2D eigenvalue weighted by Crippen LogP contribution is -2.14. The molecule has 1 aliphatic rings. The van der Waals surface area contributed by atoms with E-state index in [0.29, 0.717) is 11.7 Å². The third-order valence-electron chi connectivity index (χ3n) is 2.65. The van der Waals surface area contributed by atoms with Gasteiger partial charge < -0.3 is 10.1 Å². The van der Waals surface area contributed by atoms with E-state index in [4.69, 9.17) is 4.74 Å². The number of nitrogens with zero attached hydrogens (tertiary/aromatic N) is 1. The topological polar surface area (TPSA) is 51.2 Å². The van der Waals surface area contributed by atoms with Crippen molar-refractivity contribution < 1.29 is 9.53 Å². The molecule has 2 rings (SSSR count). The molecule has 4 heteroatoms. The van der Waals surface area contributed by atoms with Crippen LogP contribution in [0.2, 0.25) is 0 Å². The minimum absolute atomic E-state index is 0.118. The highest BCUT2D eigenvalue weighted by molar-refractivity contribution is 5.87. The zero-order valence-electron chi connectivity index (χ0n) is 9.56. The van der Waals surface area contributed by atoms with Gasteiger partial charge in [-0.05, 0) is 37.8 Å². The normalized spacial score (nSPS) is 16.6. The molecular formula is C12H16N2O2. The van der Waals surface area contributed by atoms with E-state index in [1.54, 1.807) is 12.3 Å². The molecular weight excluding hydrogens is 204 g/mol. The second-order valence-corrected chi connectivity index (χ2v) is 4.22. The molecule has 0 saturated heterocycles. The number of nitrogens with one attached hydrogen (secondary N) is 1. The molecule has 1 aromatic heterocycles. The van der Waals surface area contributed by atoms with Gasteiger partial charge in [0, 0.05) is 6.92 Å². The van der Waals surface area contributed by atoms with Crippen molar-refractivity contribution in [2.75, 3.05) is 5.32 Å². The summed E-state index contributed by atoms with van der Waals surface area (Å²) in [7, 11) is 0. The van der Waals surface area contributed by atoms with E-state index < -0.39 is 0 Å². The van der Waals surface area contributed by atoms with Crippen LogP contribution in [0, 0.1) is 5.92 Å². The van der Waals surface area contributed by atoms with Crippen molar-refractivity contribution in [3.8, 4) is 5.75 Å². The van der Waals surface area contributed by atoms with Crippen molar-refractivity contribution in [1.29, 1.82) is 0 Å². The Morgan fingerprint density at radius 1 is 1.56 bits per heavy atom. The van der Waals surface area contributed by atoms with Gasteiger partial charge in [0.05, 0.1) is 12.3 Å². The van der Waals surface area contributed by atoms with Crippen LogP contribution in [0.3, 0.4) is 0 Å². The van der Waals surface area contributed by atoms with Crippen LogP contribution in [0.4, 0.5) is 5.82 Å². The van der Waals surface area contributed by atoms with Gasteiger partial charge in [-0.2, -0.15) is 0 Å². The molecule has 0 aliphatic heterocycles. The second-order valence-electron chi connectivity index (χ2n) is 4.22. The van der Waals surface area contributed by atoms with Crippen LogP contribution >= 0.6 is 0 Å². The Labute approximate surface area is 95.0 Å². The summed E-state index contributed by atoms with van der Waals surface area (Å²) in [5.74, 6) is 1.90. The first-order valence-electron chi connectivity index (χ1n) is 5.55. The quantitative estimate of drug-likeness (QED) is 0.846. The van der Waals surface area contributed by atoms with E-state index >= 15 is 0 Å². The number of hydrogen-bond acceptors (Lipinski definition) is 3. The zero-order valence-corrected chi connectivity index (χ0v) is 9.56. The summed E-state index contributed by atoms with van der Waals surface area (Å²) >= 11 is 0. The lowest BCUT2D eigenvalue weighted by atomic mass is 10.3. The van der Waals surface area contributed by atoms with E-state index in [1.807, 2.05) is 6.07 Å². The molecule has 0 spiro atoms. The summed E-state index contributed by atoms with van der Waals surface area (Å²) in [4.78, 5) is 14.9. The van der Waals surface area contributed by atoms with E-state index in [-0.39, 0.29) is 12.0 Å². The highest BCUT2D eigenvalue weighted by Crippen LogP contribution is 2.34. The summed E-state index contributed by atoms with van der Waals surface area (Å²) in [6, 6.07) is 3.58. The summed E-state index contributed by atoms with van der Waals surface area (Å²) < 4.78 is 5.72. The van der Waals surface area contributed by atoms with Crippen LogP contribution in [0.5, 0.6) is 5.75 Å². The molecule has 16 heavy (non-hydrogen) atoms. The fourth-order valence-corrected chi connectivity index (χ4v) is 1.58. The molecule has 0 bridgehead atoms. The zero-order chi connectivity index (χ0) is 11.5. The summed E-state index contributed by atoms with van der Waals surface area (Å²) in [6.07, 6.45) is 4.43. The Morgan fingerprint density at radius 2 is 2.31 bits per heavy atom. The van der Waals surface area contributed by atoms with Crippen LogP contribution in [-0.4, -0.2) is 17.0 Å². The molecule has 86 valence electrons. The molecule has 0 radical (unpaired) electrons. The van der Waals surface area contributed by atoms with Gasteiger partial charge >= 0.3 is 0 Å². The smallest absolute Gasteiger partial charge is 0.222 e. The van der Waals surface area contributed by atoms with E-state index in [0.717, 1.165) is 5.75 Å². The first-order chi connectivity index (χ1) is 7.65. The van der Waals surface area contributed by atoms with Crippen molar-refractivity contribution in [3.05, 3.63) is 18.3 Å². The molecule has 1 aliphatic carbocycles. The predicted molar refractivity (Wildman–Crippen MR) is 61.4 cm³/mol. The third-order valence-corrected chi connectivity index (χ3v) is 2.65. The van der Waals surface area contributed by atoms with E-state index in [2.05, 4.69) is 17.2 Å². The number of anilines is 1. The Balaban J connectivity index is 1.93. The summed E-state index contributed by atoms with van der Waals surface area (Å²) in [5, 5.41) is 2.61. The molecule has 1 N–H and O–H groups in total. The van der Waals surface area contributed by atoms with Crippen molar-refractivity contribution in [1.82, 2.24) is 4.98 Å². The van der Waals surface area contributed by atoms with Gasteiger partial charge in [-0.25, -0.2) is 4.98 Å². The van der Waals surface area contributed by atoms with Gasteiger partial charge in [-0.1, -0.05) is 0 Å². The maximum Gasteiger partial charge on any atom is 0.222 e. The Hall–Kier alpha value is -1.58. The number of hydrogen-bond donors (Lipinski definition) is 1. The Kier molecular flexibility index (Phi) is 3.08. The fraction of sp³-hybridized carbons (Fsp3) is 0.500. The number of rotatable bonds is 4. The molecule has 1 amide bonds. The van der Waals surface area contributed by atoms with Gasteiger partial charge in [0.1, 0.15) is 11.6 Å². The minimum atomic E-state index is -0.118. The Morgan fingerprint density at radius 3 is 2.81 bits per heavy atom. The van der Waals surface area contributed by atoms with Crippen LogP contribution in [0.15, 0.2) is 18.3 Å². The van der Waals surface area contributed by atoms with Crippen molar-refractivity contribution in [2.24, 2.45) is 5.92 Å². The molecule has 1 heterocycles. The highest BCUT2D eigenvalue weighted by atomic mass is 16.5. The van der Waals surface area contributed by atoms with Crippen molar-refractivity contribution in [2.45, 2.75) is 32.8 Å². The second kappa shape index (κ2) is 4.51. The number of carbonyl (C=O) groups is 1. The molecule has 0 aromatic carbocycles. The first kappa shape index (κ1) is 10.9. The highest BCUT2D eigenvalue weighted by Gasteiger charge is 2.29. The molecule has 4 nitrogen and oxygen atoms in total. The number of amides is 1. The van der Waals surface area contributed by atoms with Gasteiger partial charge in [0.2, 0.25) is 5.91 Å². The van der Waals surface area contributed by atoms with Crippen LogP contribution < -0.4 is 10.1 Å². The summed E-state index contributed by atoms with van der Waals surface area (Å²) in [5.41, 5.74) is 0. The van der Waals surface area contributed by atoms with Crippen LogP contribution in [0.25, 0.3) is 0 Å². The molecule has 1 unspecified atom stereocenters. The molecule has 1 fully saturated rings. The lowest BCUT2D eigenvalue weighted by Gasteiger charge is -2.13. The Bertz CT molecular complexity index is 371. The monoisotopic (exact) mass is 220 g/mol. The summed E-state index contributed by atoms with van der Waals surface area (Å²) in [6.45, 7) is 3.54. The maximum atomic E-state index is 10.8. The number of aromatic nitrogens is 1. The fourth-order valence-electron chi connectivity index (χ4n) is 1.58. The van der Waals surface area contributed by atoms with Gasteiger partial charge in [-0.15, -0.1) is 0 Å². The van der Waals surface area contributed by atoms with Crippen molar-refractivity contribution >= 4 is 11.7 Å². The predicted octanol–water partition coefficient (Wildman–Crippen LogP) is 2.22. The van der Waals surface area contributed by atoms with Crippen LogP contribution in [-0.2, 0) is 4.79 Å². The van der Waals surface area contributed by atoms with Gasteiger partial charge in [0.15, 0.2) is 0 Å². The molecule has 1 aromatic rings. The van der Waals surface area contributed by atoms with E-state index in [1.165, 1.54) is 19.8 Å². The average molecular weight is 220 g/mol. The average Bonchev–Trinajstić information content (AvgIpc) is 3.03. The van der Waals surface area contributed by atoms with Crippen LogP contribution in [0.1, 0.15) is 26.7 Å². The number of ether oxygens (including phenoxy) is 1. The largest absolute Gasteiger partial charge is 0.489 e. The molecule has 1 saturated carbocycles. The van der Waals surface area contributed by atoms with Gasteiger partial charge in [0.25, 0.3) is 0 Å². The third kappa shape index (κ3) is 2.95. The SMILES string of the molecule is CC(=O)Nc1ccc(OC(C)C2CC2)cn1. The number of pyridine rings is 1. The van der Waals surface area contributed by atoms with Crippen molar-refractivity contribution in [3.63, 3.8) is 0 Å². The lowest BCUT2D eigenvalue weighted by molar-refractivity contribution is -0.114. The standard InChI is InChI=1S/C12H16N2O2/c1-8(10-3-4-10)16-11-5-6-12(13-7-11)14-9(2)15/h5-8,10H,3-4H2,1-2H3,(H,13,14,15). The maximum absolute atomic E-state index is 10.8. The van der Waals surface area contributed by atoms with Gasteiger partial charge in [-0.3, -0.25) is 4.79 Å². The first-order valence-corrected chi connectivity index (χ1v) is 5.55. The minimum Gasteiger partial charge on any atom is -0.489 e. The molecule has 1 atom stereocenters. The number of carbonyl (C=O) groups excluding carboxylic acids is 1. The van der Waals surface area contributed by atoms with E-state index in [9.17, 15) is 4.79 Å².